The first-order valence-corrected chi connectivity index (χ1v) is 1.53. The molecular weight excluding hydrogens is 169 g/mol. The molecule has 1 aliphatic heterocycles. The third kappa shape index (κ3) is 1.51. The van der Waals surface area contributed by atoms with Gasteiger partial charge in [-0.2, -0.15) is 0 Å². The molecule has 0 bridgehead atoms. The summed E-state index contributed by atoms with van der Waals surface area (Å²) >= 11 is 0. The Morgan fingerprint density at radius 2 is 2.50 bits per heavy atom. The number of nitrogens with zero attached hydrogens (tertiary/aromatic N) is 1. The Bertz CT molecular complexity index is 48.8. The van der Waals surface area contributed by atoms with E-state index in [0.717, 1.165) is 13.2 Å². The Balaban J connectivity index is 0.000000250. The van der Waals surface area contributed by atoms with Crippen molar-refractivity contribution in [1.29, 1.82) is 0 Å². The quantitative estimate of drug-likeness (QED) is 0.370. The smallest absolute Gasteiger partial charge is 0.0637 e. The molecular formula is C3H4NORh-. The Morgan fingerprint density at radius 1 is 1.67 bits per heavy atom. The maximum atomic E-state index is 4.53. The summed E-state index contributed by atoms with van der Waals surface area (Å²) in [5.41, 5.74) is 0. The van der Waals surface area contributed by atoms with Gasteiger partial charge < -0.3 is 9.73 Å². The first kappa shape index (κ1) is 6.09. The minimum atomic E-state index is 0. The molecule has 0 spiro atoms. The Labute approximate surface area is 49.4 Å². The predicted octanol–water partition coefficient (Wildman–Crippen LogP) is -0.0806. The summed E-state index contributed by atoms with van der Waals surface area (Å²) in [5.74, 6) is 0. The molecule has 6 heavy (non-hydrogen) atoms. The average Bonchev–Trinajstić information content (AvgIpc) is 1.76. The molecule has 0 saturated heterocycles. The van der Waals surface area contributed by atoms with Crippen LogP contribution in [0.1, 0.15) is 0 Å². The maximum absolute atomic E-state index is 4.53. The minimum Gasteiger partial charge on any atom is -0.674 e. The van der Waals surface area contributed by atoms with E-state index in [1.807, 2.05) is 0 Å². The molecule has 0 fully saturated rings. The van der Waals surface area contributed by atoms with E-state index in [-0.39, 0.29) is 19.5 Å². The van der Waals surface area contributed by atoms with Gasteiger partial charge >= 0.3 is 0 Å². The Hall–Kier alpha value is 0.0934. The topological polar surface area (TPSA) is 21.6 Å². The molecule has 0 unspecified atom stereocenters. The molecule has 0 aromatic heterocycles. The first-order valence-electron chi connectivity index (χ1n) is 1.53. The van der Waals surface area contributed by atoms with Crippen molar-refractivity contribution in [2.75, 3.05) is 13.2 Å². The molecule has 3 heteroatoms. The van der Waals surface area contributed by atoms with Gasteiger partial charge in [0, 0.05) is 26.0 Å². The second-order valence-corrected chi connectivity index (χ2v) is 0.821. The van der Waals surface area contributed by atoms with Crippen LogP contribution in [0.4, 0.5) is 0 Å². The minimum absolute atomic E-state index is 0. The number of hydrogen-bond donors (Lipinski definition) is 0. The van der Waals surface area contributed by atoms with E-state index in [9.17, 15) is 0 Å². The second kappa shape index (κ2) is 3.29. The van der Waals surface area contributed by atoms with Crippen LogP contribution in [0.15, 0.2) is 4.99 Å². The standard InChI is InChI=1S/C3H4NO.Rh/c1-2-5-3-4-1;/h1-2H2;/q-1;. The first-order chi connectivity index (χ1) is 2.50. The van der Waals surface area contributed by atoms with Gasteiger partial charge in [-0.3, -0.25) is 0 Å². The van der Waals surface area contributed by atoms with E-state index in [4.69, 9.17) is 0 Å². The van der Waals surface area contributed by atoms with Crippen LogP contribution in [0.25, 0.3) is 0 Å². The fraction of sp³-hybridized carbons (Fsp3) is 0.667. The van der Waals surface area contributed by atoms with E-state index in [1.54, 1.807) is 0 Å². The zero-order chi connectivity index (χ0) is 3.54. The van der Waals surface area contributed by atoms with Crippen molar-refractivity contribution in [2.24, 2.45) is 4.99 Å². The molecule has 0 aliphatic carbocycles. The molecule has 0 aromatic rings. The largest absolute Gasteiger partial charge is 0.674 e. The number of ether oxygens (including phenoxy) is 1. The van der Waals surface area contributed by atoms with Crippen molar-refractivity contribution in [3.63, 3.8) is 0 Å². The zero-order valence-electron chi connectivity index (χ0n) is 3.10. The van der Waals surface area contributed by atoms with Gasteiger partial charge in [0.25, 0.3) is 0 Å². The number of hydrogen-bond acceptors (Lipinski definition) is 2. The monoisotopic (exact) mass is 173 g/mol. The summed E-state index contributed by atoms with van der Waals surface area (Å²) in [4.78, 5) is 3.61. The molecule has 0 aromatic carbocycles. The van der Waals surface area contributed by atoms with Crippen molar-refractivity contribution in [1.82, 2.24) is 0 Å². The second-order valence-electron chi connectivity index (χ2n) is 0.821. The zero-order valence-corrected chi connectivity index (χ0v) is 4.74. The van der Waals surface area contributed by atoms with Crippen LogP contribution in [0.5, 0.6) is 0 Å². The van der Waals surface area contributed by atoms with E-state index >= 15 is 0 Å². The van der Waals surface area contributed by atoms with Gasteiger partial charge in [0.05, 0.1) is 6.61 Å². The van der Waals surface area contributed by atoms with Gasteiger partial charge in [-0.15, -0.1) is 0 Å². The molecule has 0 saturated carbocycles. The van der Waals surface area contributed by atoms with E-state index in [0.29, 0.717) is 0 Å². The van der Waals surface area contributed by atoms with Crippen molar-refractivity contribution in [2.45, 2.75) is 0 Å². The number of rotatable bonds is 0. The van der Waals surface area contributed by atoms with E-state index < -0.39 is 0 Å². The van der Waals surface area contributed by atoms with Gasteiger partial charge in [0.15, 0.2) is 0 Å². The fourth-order valence-corrected chi connectivity index (χ4v) is 0.228. The summed E-state index contributed by atoms with van der Waals surface area (Å²) in [6.45, 7) is 1.51. The van der Waals surface area contributed by atoms with Crippen LogP contribution in [-0.4, -0.2) is 19.6 Å². The summed E-state index contributed by atoms with van der Waals surface area (Å²) in [6.07, 6.45) is 2.35. The Morgan fingerprint density at radius 3 is 2.67 bits per heavy atom. The molecule has 1 heterocycles. The summed E-state index contributed by atoms with van der Waals surface area (Å²) < 4.78 is 4.53. The van der Waals surface area contributed by atoms with Crippen molar-refractivity contribution >= 4 is 6.40 Å². The van der Waals surface area contributed by atoms with Crippen LogP contribution < -0.4 is 0 Å². The number of aliphatic imine (C=N–C) groups is 1. The van der Waals surface area contributed by atoms with Gasteiger partial charge in [-0.25, -0.2) is 6.40 Å². The normalized spacial score (nSPS) is 16.0. The van der Waals surface area contributed by atoms with Gasteiger partial charge in [-0.05, 0) is 0 Å². The van der Waals surface area contributed by atoms with Crippen molar-refractivity contribution < 1.29 is 24.2 Å². The molecule has 1 aliphatic rings. The van der Waals surface area contributed by atoms with Crippen LogP contribution >= 0.6 is 0 Å². The molecule has 0 N–H and O–H groups in total. The van der Waals surface area contributed by atoms with Gasteiger partial charge in [0.1, 0.15) is 0 Å². The SMILES string of the molecule is [C-]1=NCCO1.[Rh]. The molecule has 2 nitrogen and oxygen atoms in total. The molecule has 0 amide bonds. The molecule has 0 atom stereocenters. The van der Waals surface area contributed by atoms with Crippen LogP contribution in [0, 0.1) is 0 Å². The van der Waals surface area contributed by atoms with Crippen molar-refractivity contribution in [3.05, 3.63) is 0 Å². The van der Waals surface area contributed by atoms with Crippen LogP contribution in [0.2, 0.25) is 0 Å². The molecule has 1 rings (SSSR count). The fourth-order valence-electron chi connectivity index (χ4n) is 0.228. The van der Waals surface area contributed by atoms with E-state index in [1.165, 1.54) is 0 Å². The summed E-state index contributed by atoms with van der Waals surface area (Å²) in [7, 11) is 0. The maximum Gasteiger partial charge on any atom is 0.0637 e. The summed E-state index contributed by atoms with van der Waals surface area (Å²) in [5, 5.41) is 0. The molecule has 37 valence electrons. The van der Waals surface area contributed by atoms with Crippen LogP contribution in [-0.2, 0) is 24.2 Å². The predicted molar refractivity (Wildman–Crippen MR) is 18.3 cm³/mol. The third-order valence-electron chi connectivity index (χ3n) is 0.434. The third-order valence-corrected chi connectivity index (χ3v) is 0.434. The van der Waals surface area contributed by atoms with E-state index in [2.05, 4.69) is 16.1 Å². The Kier molecular flexibility index (Phi) is 3.34. The summed E-state index contributed by atoms with van der Waals surface area (Å²) in [6, 6.07) is 0. The van der Waals surface area contributed by atoms with Crippen molar-refractivity contribution in [3.8, 4) is 0 Å². The van der Waals surface area contributed by atoms with Gasteiger partial charge in [0.2, 0.25) is 0 Å². The van der Waals surface area contributed by atoms with Gasteiger partial charge in [-0.1, -0.05) is 0 Å². The average molecular weight is 173 g/mol. The molecule has 1 radical (unpaired) electrons. The van der Waals surface area contributed by atoms with Crippen LogP contribution in [0.3, 0.4) is 0 Å².